The Morgan fingerprint density at radius 2 is 1.90 bits per heavy atom. The van der Waals surface area contributed by atoms with Crippen molar-refractivity contribution in [3.8, 4) is 11.5 Å². The Labute approximate surface area is 122 Å². The average Bonchev–Trinajstić information content (AvgIpc) is 2.49. The molecule has 0 saturated heterocycles. The summed E-state index contributed by atoms with van der Waals surface area (Å²) in [4.78, 5) is 13.4. The Morgan fingerprint density at radius 1 is 1.15 bits per heavy atom. The lowest BCUT2D eigenvalue weighted by Crippen LogP contribution is -2.25. The van der Waals surface area contributed by atoms with Gasteiger partial charge in [-0.3, -0.25) is 9.69 Å². The number of carbonyl (C=O) groups is 1. The van der Waals surface area contributed by atoms with E-state index in [1.165, 1.54) is 12.1 Å². The van der Waals surface area contributed by atoms with Gasteiger partial charge in [0.2, 0.25) is 0 Å². The summed E-state index contributed by atoms with van der Waals surface area (Å²) in [6, 6.07) is 12.7. The van der Waals surface area contributed by atoms with Crippen LogP contribution in [0.2, 0.25) is 0 Å². The van der Waals surface area contributed by atoms with Crippen LogP contribution in [-0.2, 0) is 6.54 Å². The van der Waals surface area contributed by atoms with Gasteiger partial charge < -0.3 is 10.2 Å². The van der Waals surface area contributed by atoms with Gasteiger partial charge in [-0.25, -0.2) is 0 Å². The molecule has 0 aromatic heterocycles. The number of phenols is 2. The maximum Gasteiger partial charge on any atom is 0.176 e. The standard InChI is InChI=1S/C16H17NO3/c1-17(10-12-5-3-2-4-6-12)11-16(20)13-7-8-14(18)15(19)9-13/h2-9,18-19H,10-11H2,1H3/i1D3. The zero-order valence-corrected chi connectivity index (χ0v) is 10.8. The lowest BCUT2D eigenvalue weighted by molar-refractivity contribution is 0.0942. The van der Waals surface area contributed by atoms with Crippen molar-refractivity contribution in [1.82, 2.24) is 4.90 Å². The number of carbonyl (C=O) groups excluding carboxylic acids is 1. The highest BCUT2D eigenvalue weighted by Gasteiger charge is 2.11. The Morgan fingerprint density at radius 3 is 2.55 bits per heavy atom. The number of benzene rings is 2. The van der Waals surface area contributed by atoms with Crippen molar-refractivity contribution in [2.24, 2.45) is 0 Å². The van der Waals surface area contributed by atoms with Crippen LogP contribution in [0.3, 0.4) is 0 Å². The minimum Gasteiger partial charge on any atom is -0.504 e. The van der Waals surface area contributed by atoms with E-state index in [-0.39, 0.29) is 24.4 Å². The Kier molecular flexibility index (Phi) is 3.25. The van der Waals surface area contributed by atoms with Crippen LogP contribution in [0, 0.1) is 0 Å². The predicted octanol–water partition coefficient (Wildman–Crippen LogP) is 2.41. The van der Waals surface area contributed by atoms with Gasteiger partial charge in [0.15, 0.2) is 17.3 Å². The molecule has 0 spiro atoms. The van der Waals surface area contributed by atoms with Crippen LogP contribution >= 0.6 is 0 Å². The van der Waals surface area contributed by atoms with E-state index < -0.39 is 18.5 Å². The van der Waals surface area contributed by atoms with Gasteiger partial charge in [-0.1, -0.05) is 30.3 Å². The van der Waals surface area contributed by atoms with Gasteiger partial charge in [0.05, 0.1) is 6.54 Å². The first kappa shape index (κ1) is 10.5. The average molecular weight is 274 g/mol. The number of likely N-dealkylation sites (N-methyl/N-ethyl adjacent to an activating group) is 1. The summed E-state index contributed by atoms with van der Waals surface area (Å²) < 4.78 is 22.8. The van der Waals surface area contributed by atoms with Gasteiger partial charge in [0.1, 0.15) is 0 Å². The van der Waals surface area contributed by atoms with E-state index in [2.05, 4.69) is 0 Å². The van der Waals surface area contributed by atoms with Crippen molar-refractivity contribution in [2.75, 3.05) is 13.5 Å². The number of aromatic hydroxyl groups is 2. The van der Waals surface area contributed by atoms with Crippen LogP contribution in [0.25, 0.3) is 0 Å². The van der Waals surface area contributed by atoms with Gasteiger partial charge in [-0.2, -0.15) is 0 Å². The third-order valence-corrected chi connectivity index (χ3v) is 2.85. The molecule has 2 N–H and O–H groups in total. The Balaban J connectivity index is 2.17. The zero-order valence-electron chi connectivity index (χ0n) is 13.8. The number of hydrogen-bond donors (Lipinski definition) is 2. The number of hydrogen-bond acceptors (Lipinski definition) is 4. The Bertz CT molecular complexity index is 687. The molecule has 0 atom stereocenters. The highest BCUT2D eigenvalue weighted by Crippen LogP contribution is 2.25. The lowest BCUT2D eigenvalue weighted by atomic mass is 10.1. The lowest BCUT2D eigenvalue weighted by Gasteiger charge is -2.16. The molecule has 0 aliphatic rings. The Hall–Kier alpha value is -2.33. The van der Waals surface area contributed by atoms with E-state index in [4.69, 9.17) is 4.11 Å². The van der Waals surface area contributed by atoms with E-state index in [9.17, 15) is 15.0 Å². The van der Waals surface area contributed by atoms with Crippen LogP contribution in [0.4, 0.5) is 0 Å². The molecule has 0 saturated carbocycles. The molecule has 2 rings (SSSR count). The fourth-order valence-electron chi connectivity index (χ4n) is 1.82. The number of rotatable bonds is 5. The molecule has 2 aromatic carbocycles. The van der Waals surface area contributed by atoms with Crippen LogP contribution in [0.1, 0.15) is 20.0 Å². The van der Waals surface area contributed by atoms with Crippen LogP contribution in [-0.4, -0.2) is 34.4 Å². The van der Waals surface area contributed by atoms with Gasteiger partial charge in [-0.15, -0.1) is 0 Å². The van der Waals surface area contributed by atoms with Crippen molar-refractivity contribution < 1.29 is 19.1 Å². The molecule has 2 aromatic rings. The fourth-order valence-corrected chi connectivity index (χ4v) is 1.82. The molecule has 0 aliphatic heterocycles. The molecule has 0 radical (unpaired) electrons. The van der Waals surface area contributed by atoms with Crippen molar-refractivity contribution in [3.63, 3.8) is 0 Å². The van der Waals surface area contributed by atoms with Gasteiger partial charge in [-0.05, 0) is 30.7 Å². The molecule has 104 valence electrons. The van der Waals surface area contributed by atoms with E-state index in [0.29, 0.717) is 0 Å². The zero-order chi connectivity index (χ0) is 17.0. The number of phenolic OH excluding ortho intramolecular Hbond substituents is 2. The smallest absolute Gasteiger partial charge is 0.176 e. The summed E-state index contributed by atoms with van der Waals surface area (Å²) in [5.41, 5.74) is 0.924. The normalized spacial score (nSPS) is 13.6. The highest BCUT2D eigenvalue weighted by atomic mass is 16.3. The molecule has 0 bridgehead atoms. The summed E-state index contributed by atoms with van der Waals surface area (Å²) >= 11 is 0. The fraction of sp³-hybridized carbons (Fsp3) is 0.188. The van der Waals surface area contributed by atoms with E-state index in [1.807, 2.05) is 6.07 Å². The SMILES string of the molecule is [2H]C([2H])([2H])N(CC(=O)c1ccc(O)c(O)c1)Cc1ccccc1. The van der Waals surface area contributed by atoms with Crippen LogP contribution < -0.4 is 0 Å². The molecule has 4 nitrogen and oxygen atoms in total. The summed E-state index contributed by atoms with van der Waals surface area (Å²) in [5.74, 6) is -1.20. The topological polar surface area (TPSA) is 60.8 Å². The summed E-state index contributed by atoms with van der Waals surface area (Å²) in [5, 5.41) is 18.7. The molecule has 0 amide bonds. The summed E-state index contributed by atoms with van der Waals surface area (Å²) in [7, 11) is 0. The number of ketones is 1. The molecule has 0 fully saturated rings. The number of Topliss-reactive ketones (excluding diaryl/α,β-unsaturated/α-hetero) is 1. The van der Waals surface area contributed by atoms with Gasteiger partial charge >= 0.3 is 0 Å². The number of nitrogens with zero attached hydrogens (tertiary/aromatic N) is 1. The van der Waals surface area contributed by atoms with E-state index in [0.717, 1.165) is 16.5 Å². The minimum atomic E-state index is -2.43. The highest BCUT2D eigenvalue weighted by molar-refractivity contribution is 5.98. The monoisotopic (exact) mass is 274 g/mol. The van der Waals surface area contributed by atoms with Crippen molar-refractivity contribution in [2.45, 2.75) is 6.54 Å². The van der Waals surface area contributed by atoms with Crippen LogP contribution in [0.15, 0.2) is 48.5 Å². The molecule has 4 heteroatoms. The van der Waals surface area contributed by atoms with Crippen molar-refractivity contribution in [3.05, 3.63) is 59.7 Å². The van der Waals surface area contributed by atoms with Crippen molar-refractivity contribution in [1.29, 1.82) is 0 Å². The van der Waals surface area contributed by atoms with E-state index in [1.54, 1.807) is 24.3 Å². The summed E-state index contributed by atoms with van der Waals surface area (Å²) in [6.07, 6.45) is 0. The molecule has 20 heavy (non-hydrogen) atoms. The maximum atomic E-state index is 12.3. The second-order valence-electron chi connectivity index (χ2n) is 4.47. The quantitative estimate of drug-likeness (QED) is 0.649. The molecule has 0 heterocycles. The molecule has 0 unspecified atom stereocenters. The van der Waals surface area contributed by atoms with Gasteiger partial charge in [0.25, 0.3) is 0 Å². The summed E-state index contributed by atoms with van der Waals surface area (Å²) in [6.45, 7) is -2.65. The largest absolute Gasteiger partial charge is 0.504 e. The third kappa shape index (κ3) is 3.59. The van der Waals surface area contributed by atoms with Crippen molar-refractivity contribution >= 4 is 5.78 Å². The van der Waals surface area contributed by atoms with Crippen LogP contribution in [0.5, 0.6) is 11.5 Å². The van der Waals surface area contributed by atoms with E-state index >= 15 is 0 Å². The second-order valence-corrected chi connectivity index (χ2v) is 4.47. The third-order valence-electron chi connectivity index (χ3n) is 2.85. The first-order valence-corrected chi connectivity index (χ1v) is 6.11. The van der Waals surface area contributed by atoms with Gasteiger partial charge in [0, 0.05) is 16.2 Å². The predicted molar refractivity (Wildman–Crippen MR) is 76.9 cm³/mol. The maximum absolute atomic E-state index is 12.3. The molecular formula is C16H17NO3. The minimum absolute atomic E-state index is 0.104. The molecule has 0 aliphatic carbocycles. The molecular weight excluding hydrogens is 254 g/mol. The first-order chi connectivity index (χ1) is 10.8. The second kappa shape index (κ2) is 6.21. The first-order valence-electron chi connectivity index (χ1n) is 7.61.